The second-order valence-electron chi connectivity index (χ2n) is 5.65. The fourth-order valence-corrected chi connectivity index (χ4v) is 3.02. The SMILES string of the molecule is OCCNC(=S)NC(Cc1ccnc2ccccc12)c1ccncc1. The van der Waals surface area contributed by atoms with E-state index in [1.54, 1.807) is 12.4 Å². The molecule has 3 rings (SSSR count). The summed E-state index contributed by atoms with van der Waals surface area (Å²) in [4.78, 5) is 8.52. The van der Waals surface area contributed by atoms with Crippen LogP contribution < -0.4 is 10.6 Å². The first kappa shape index (κ1) is 17.3. The summed E-state index contributed by atoms with van der Waals surface area (Å²) < 4.78 is 0. The number of nitrogens with one attached hydrogen (secondary N) is 2. The number of thiocarbonyl (C=S) groups is 1. The van der Waals surface area contributed by atoms with Crippen LogP contribution in [0.2, 0.25) is 0 Å². The van der Waals surface area contributed by atoms with Crippen molar-refractivity contribution in [3.63, 3.8) is 0 Å². The van der Waals surface area contributed by atoms with Crippen LogP contribution in [-0.4, -0.2) is 33.3 Å². The molecule has 0 saturated carbocycles. The van der Waals surface area contributed by atoms with Crippen molar-refractivity contribution < 1.29 is 5.11 Å². The first-order chi connectivity index (χ1) is 12.3. The highest BCUT2D eigenvalue weighted by Crippen LogP contribution is 2.23. The Hall–Kier alpha value is -2.57. The third-order valence-corrected chi connectivity index (χ3v) is 4.24. The van der Waals surface area contributed by atoms with Crippen molar-refractivity contribution in [3.8, 4) is 0 Å². The molecule has 0 amide bonds. The molecule has 2 heterocycles. The predicted octanol–water partition coefficient (Wildman–Crippen LogP) is 2.37. The molecule has 0 radical (unpaired) electrons. The Morgan fingerprint density at radius 2 is 1.88 bits per heavy atom. The number of hydrogen-bond donors (Lipinski definition) is 3. The molecule has 0 aliphatic heterocycles. The van der Waals surface area contributed by atoms with Crippen LogP contribution in [0, 0.1) is 0 Å². The molecule has 0 fully saturated rings. The van der Waals surface area contributed by atoms with Crippen molar-refractivity contribution >= 4 is 28.2 Å². The van der Waals surface area contributed by atoms with Crippen LogP contribution in [0.1, 0.15) is 17.2 Å². The number of nitrogens with zero attached hydrogens (tertiary/aromatic N) is 2. The van der Waals surface area contributed by atoms with Gasteiger partial charge in [0.05, 0.1) is 18.2 Å². The Kier molecular flexibility index (Phi) is 5.87. The smallest absolute Gasteiger partial charge is 0.166 e. The normalized spacial score (nSPS) is 11.9. The third-order valence-electron chi connectivity index (χ3n) is 3.97. The van der Waals surface area contributed by atoms with Gasteiger partial charge >= 0.3 is 0 Å². The lowest BCUT2D eigenvalue weighted by molar-refractivity contribution is 0.300. The third kappa shape index (κ3) is 4.49. The van der Waals surface area contributed by atoms with Crippen molar-refractivity contribution in [2.24, 2.45) is 0 Å². The van der Waals surface area contributed by atoms with Gasteiger partial charge in [-0.05, 0) is 54.0 Å². The largest absolute Gasteiger partial charge is 0.395 e. The summed E-state index contributed by atoms with van der Waals surface area (Å²) in [5, 5.41) is 17.0. The minimum absolute atomic E-state index is 0.00695. The van der Waals surface area contributed by atoms with Crippen LogP contribution in [0.15, 0.2) is 61.1 Å². The highest BCUT2D eigenvalue weighted by molar-refractivity contribution is 7.80. The quantitative estimate of drug-likeness (QED) is 0.592. The van der Waals surface area contributed by atoms with E-state index in [0.717, 1.165) is 22.9 Å². The Labute approximate surface area is 152 Å². The molecule has 6 heteroatoms. The van der Waals surface area contributed by atoms with Gasteiger partial charge in [-0.1, -0.05) is 18.2 Å². The monoisotopic (exact) mass is 352 g/mol. The number of aliphatic hydroxyl groups is 1. The second kappa shape index (κ2) is 8.50. The summed E-state index contributed by atoms with van der Waals surface area (Å²) in [6.45, 7) is 0.462. The van der Waals surface area contributed by atoms with Gasteiger partial charge in [-0.15, -0.1) is 0 Å². The fourth-order valence-electron chi connectivity index (χ4n) is 2.78. The summed E-state index contributed by atoms with van der Waals surface area (Å²) >= 11 is 5.35. The minimum Gasteiger partial charge on any atom is -0.395 e. The molecule has 1 atom stereocenters. The van der Waals surface area contributed by atoms with E-state index in [-0.39, 0.29) is 12.6 Å². The molecule has 0 aliphatic rings. The number of fused-ring (bicyclic) bond motifs is 1. The van der Waals surface area contributed by atoms with Crippen LogP contribution in [0.25, 0.3) is 10.9 Å². The van der Waals surface area contributed by atoms with E-state index in [1.165, 1.54) is 5.56 Å². The van der Waals surface area contributed by atoms with Gasteiger partial charge < -0.3 is 15.7 Å². The molecule has 0 spiro atoms. The summed E-state index contributed by atoms with van der Waals surface area (Å²) in [7, 11) is 0. The summed E-state index contributed by atoms with van der Waals surface area (Å²) in [5.41, 5.74) is 3.28. The number of benzene rings is 1. The Bertz CT molecular complexity index is 836. The van der Waals surface area contributed by atoms with Crippen molar-refractivity contribution in [1.82, 2.24) is 20.6 Å². The van der Waals surface area contributed by atoms with Gasteiger partial charge in [0, 0.05) is 30.5 Å². The van der Waals surface area contributed by atoms with E-state index in [1.807, 2.05) is 42.6 Å². The van der Waals surface area contributed by atoms with Gasteiger partial charge in [0.2, 0.25) is 0 Å². The number of aliphatic hydroxyl groups excluding tert-OH is 1. The highest BCUT2D eigenvalue weighted by atomic mass is 32.1. The first-order valence-corrected chi connectivity index (χ1v) is 8.56. The second-order valence-corrected chi connectivity index (χ2v) is 6.06. The lowest BCUT2D eigenvalue weighted by atomic mass is 9.97. The Morgan fingerprint density at radius 3 is 2.68 bits per heavy atom. The van der Waals surface area contributed by atoms with E-state index in [4.69, 9.17) is 17.3 Å². The van der Waals surface area contributed by atoms with Crippen LogP contribution in [0.4, 0.5) is 0 Å². The molecular weight excluding hydrogens is 332 g/mol. The average molecular weight is 352 g/mol. The molecular formula is C19H20N4OS. The number of aromatic nitrogens is 2. The number of rotatable bonds is 6. The van der Waals surface area contributed by atoms with Gasteiger partial charge in [-0.3, -0.25) is 9.97 Å². The number of pyridine rings is 2. The average Bonchev–Trinajstić information content (AvgIpc) is 2.67. The van der Waals surface area contributed by atoms with Gasteiger partial charge in [-0.25, -0.2) is 0 Å². The van der Waals surface area contributed by atoms with E-state index < -0.39 is 0 Å². The molecule has 0 saturated heterocycles. The van der Waals surface area contributed by atoms with E-state index in [2.05, 4.69) is 26.7 Å². The van der Waals surface area contributed by atoms with Crippen LogP contribution in [-0.2, 0) is 6.42 Å². The molecule has 5 nitrogen and oxygen atoms in total. The summed E-state index contributed by atoms with van der Waals surface area (Å²) in [6, 6.07) is 14.1. The van der Waals surface area contributed by atoms with E-state index in [9.17, 15) is 0 Å². The summed E-state index contributed by atoms with van der Waals surface area (Å²) in [6.07, 6.45) is 6.15. The molecule has 25 heavy (non-hydrogen) atoms. The predicted molar refractivity (Wildman–Crippen MR) is 103 cm³/mol. The molecule has 3 N–H and O–H groups in total. The lowest BCUT2D eigenvalue weighted by Gasteiger charge is -2.22. The maximum atomic E-state index is 8.95. The molecule has 3 aromatic rings. The van der Waals surface area contributed by atoms with Crippen molar-refractivity contribution in [3.05, 3.63) is 72.2 Å². The van der Waals surface area contributed by atoms with E-state index in [0.29, 0.717) is 11.7 Å². The molecule has 1 aromatic carbocycles. The molecule has 0 aliphatic carbocycles. The topological polar surface area (TPSA) is 70.1 Å². The number of hydrogen-bond acceptors (Lipinski definition) is 4. The standard InChI is InChI=1S/C19H20N4OS/c24-12-11-22-19(25)23-18(14-5-8-20-9-6-14)13-15-7-10-21-17-4-2-1-3-16(15)17/h1-10,18,24H,11-13H2,(H2,22,23,25). The number of para-hydroxylation sites is 1. The van der Waals surface area contributed by atoms with Gasteiger partial charge in [0.15, 0.2) is 5.11 Å². The minimum atomic E-state index is -0.00695. The molecule has 2 aromatic heterocycles. The zero-order valence-electron chi connectivity index (χ0n) is 13.7. The van der Waals surface area contributed by atoms with Gasteiger partial charge in [0.25, 0.3) is 0 Å². The van der Waals surface area contributed by atoms with Crippen LogP contribution in [0.5, 0.6) is 0 Å². The summed E-state index contributed by atoms with van der Waals surface area (Å²) in [5.74, 6) is 0. The van der Waals surface area contributed by atoms with Gasteiger partial charge in [0.1, 0.15) is 0 Å². The lowest BCUT2D eigenvalue weighted by Crippen LogP contribution is -2.39. The Balaban J connectivity index is 1.87. The van der Waals surface area contributed by atoms with Crippen molar-refractivity contribution in [2.45, 2.75) is 12.5 Å². The van der Waals surface area contributed by atoms with Crippen LogP contribution in [0.3, 0.4) is 0 Å². The van der Waals surface area contributed by atoms with Crippen molar-refractivity contribution in [1.29, 1.82) is 0 Å². The maximum absolute atomic E-state index is 8.95. The highest BCUT2D eigenvalue weighted by Gasteiger charge is 2.15. The maximum Gasteiger partial charge on any atom is 0.166 e. The fraction of sp³-hybridized carbons (Fsp3) is 0.211. The molecule has 1 unspecified atom stereocenters. The molecule has 128 valence electrons. The van der Waals surface area contributed by atoms with E-state index >= 15 is 0 Å². The zero-order chi connectivity index (χ0) is 17.5. The Morgan fingerprint density at radius 1 is 1.08 bits per heavy atom. The zero-order valence-corrected chi connectivity index (χ0v) is 14.5. The van der Waals surface area contributed by atoms with Gasteiger partial charge in [-0.2, -0.15) is 0 Å². The van der Waals surface area contributed by atoms with Crippen LogP contribution >= 0.6 is 12.2 Å². The molecule has 0 bridgehead atoms. The first-order valence-electron chi connectivity index (χ1n) is 8.15. The van der Waals surface area contributed by atoms with Crippen molar-refractivity contribution in [2.75, 3.05) is 13.2 Å².